The first kappa shape index (κ1) is 25.0. The second-order valence-electron chi connectivity index (χ2n) is 9.51. The molecule has 0 N–H and O–H groups in total. The van der Waals surface area contributed by atoms with E-state index in [1.165, 1.54) is 29.5 Å². The third-order valence-corrected chi connectivity index (χ3v) is 6.39. The molecule has 2 aromatic carbocycles. The summed E-state index contributed by atoms with van der Waals surface area (Å²) >= 11 is 0. The van der Waals surface area contributed by atoms with Gasteiger partial charge in [-0.1, -0.05) is 71.7 Å². The van der Waals surface area contributed by atoms with Crippen molar-refractivity contribution in [2.24, 2.45) is 0 Å². The molecule has 0 amide bonds. The second kappa shape index (κ2) is 9.89. The van der Waals surface area contributed by atoms with Gasteiger partial charge in [0.2, 0.25) is 0 Å². The van der Waals surface area contributed by atoms with E-state index in [2.05, 4.69) is 64.1 Å². The van der Waals surface area contributed by atoms with Crippen LogP contribution in [0.3, 0.4) is 0 Å². The molecule has 0 saturated carbocycles. The van der Waals surface area contributed by atoms with Crippen LogP contribution in [0.1, 0.15) is 77.5 Å². The van der Waals surface area contributed by atoms with Gasteiger partial charge < -0.3 is 9.80 Å². The first-order valence-corrected chi connectivity index (χ1v) is 11.6. The molecule has 1 unspecified atom stereocenters. The highest BCUT2D eigenvalue weighted by Gasteiger charge is 2.38. The Morgan fingerprint density at radius 1 is 0.903 bits per heavy atom. The van der Waals surface area contributed by atoms with Crippen molar-refractivity contribution in [1.29, 1.82) is 0 Å². The van der Waals surface area contributed by atoms with Crippen molar-refractivity contribution in [1.82, 2.24) is 4.90 Å². The van der Waals surface area contributed by atoms with Gasteiger partial charge in [0.05, 0.1) is 0 Å². The molecule has 0 heterocycles. The fourth-order valence-electron chi connectivity index (χ4n) is 3.95. The molecular weight excluding hydrogens is 383 g/mol. The number of benzene rings is 2. The van der Waals surface area contributed by atoms with Crippen molar-refractivity contribution in [2.75, 3.05) is 26.0 Å². The van der Waals surface area contributed by atoms with Crippen LogP contribution in [0.4, 0.5) is 10.1 Å². The van der Waals surface area contributed by atoms with E-state index in [0.717, 1.165) is 16.8 Å². The lowest BCUT2D eigenvalue weighted by Gasteiger charge is -2.29. The van der Waals surface area contributed by atoms with Gasteiger partial charge in [0.15, 0.2) is 0 Å². The monoisotopic (exact) mass is 424 g/mol. The highest BCUT2D eigenvalue weighted by Crippen LogP contribution is 2.52. The Morgan fingerprint density at radius 3 is 2.06 bits per heavy atom. The van der Waals surface area contributed by atoms with Gasteiger partial charge in [-0.3, -0.25) is 0 Å². The van der Waals surface area contributed by atoms with Gasteiger partial charge in [-0.25, -0.2) is 4.39 Å². The summed E-state index contributed by atoms with van der Waals surface area (Å²) < 4.78 is 15.5. The van der Waals surface area contributed by atoms with Crippen molar-refractivity contribution < 1.29 is 4.39 Å². The fraction of sp³-hybridized carbons (Fsp3) is 0.500. The maximum Gasteiger partial charge on any atom is 0.135 e. The van der Waals surface area contributed by atoms with Gasteiger partial charge in [-0.05, 0) is 47.7 Å². The minimum Gasteiger partial charge on any atom is -0.382 e. The Balaban J connectivity index is 0.000000785. The number of anilines is 1. The SMILES string of the molecule is CCC(C)(F)c1cc2c(cc1N(C)/C=C\N(C)C)C(C)(C)c1ccccc1-2.CCCC. The maximum atomic E-state index is 15.5. The molecule has 3 heteroatoms. The average Bonchev–Trinajstić information content (AvgIpc) is 2.98. The van der Waals surface area contributed by atoms with Crippen molar-refractivity contribution in [3.63, 3.8) is 0 Å². The Hall–Kier alpha value is -2.29. The number of unbranched alkanes of at least 4 members (excludes halogenated alkanes) is 1. The zero-order valence-corrected chi connectivity index (χ0v) is 21.0. The van der Waals surface area contributed by atoms with E-state index in [1.54, 1.807) is 6.92 Å². The summed E-state index contributed by atoms with van der Waals surface area (Å²) in [5.41, 5.74) is 5.17. The van der Waals surface area contributed by atoms with Crippen LogP contribution in [-0.2, 0) is 11.1 Å². The Kier molecular flexibility index (Phi) is 7.97. The second-order valence-corrected chi connectivity index (χ2v) is 9.51. The number of alkyl halides is 1. The number of halogens is 1. The lowest BCUT2D eigenvalue weighted by Crippen LogP contribution is -2.22. The zero-order chi connectivity index (χ0) is 23.4. The molecule has 0 fully saturated rings. The fourth-order valence-corrected chi connectivity index (χ4v) is 3.95. The number of hydrogen-bond donors (Lipinski definition) is 0. The topological polar surface area (TPSA) is 6.48 Å². The van der Waals surface area contributed by atoms with E-state index >= 15 is 4.39 Å². The van der Waals surface area contributed by atoms with E-state index in [9.17, 15) is 0 Å². The third-order valence-electron chi connectivity index (χ3n) is 6.39. The molecular formula is C28H41FN2. The van der Waals surface area contributed by atoms with Gasteiger partial charge in [-0.15, -0.1) is 0 Å². The lowest BCUT2D eigenvalue weighted by molar-refractivity contribution is 0.186. The molecule has 0 aromatic heterocycles. The molecule has 31 heavy (non-hydrogen) atoms. The molecule has 0 bridgehead atoms. The summed E-state index contributed by atoms with van der Waals surface area (Å²) in [5.74, 6) is 0. The van der Waals surface area contributed by atoms with Crippen molar-refractivity contribution in [3.05, 3.63) is 65.5 Å². The van der Waals surface area contributed by atoms with E-state index < -0.39 is 5.67 Å². The minimum atomic E-state index is -1.38. The molecule has 2 aromatic rings. The van der Waals surface area contributed by atoms with Crippen LogP contribution in [0.25, 0.3) is 11.1 Å². The van der Waals surface area contributed by atoms with E-state index in [-0.39, 0.29) is 5.41 Å². The van der Waals surface area contributed by atoms with Crippen LogP contribution in [0, 0.1) is 0 Å². The standard InChI is InChI=1S/C24H31FN2.C4H10/c1-8-24(4,25)21-15-18-17-11-9-10-12-19(17)23(2,3)20(18)16-22(21)27(7)14-13-26(5)6;1-3-4-2/h9-16H,8H2,1-7H3;3-4H2,1-2H3/b14-13-;. The molecule has 1 atom stereocenters. The summed E-state index contributed by atoms with van der Waals surface area (Å²) in [6.45, 7) is 12.5. The predicted octanol–water partition coefficient (Wildman–Crippen LogP) is 7.86. The summed E-state index contributed by atoms with van der Waals surface area (Å²) in [6, 6.07) is 12.8. The van der Waals surface area contributed by atoms with Crippen molar-refractivity contribution in [2.45, 2.75) is 71.9 Å². The Bertz CT molecular complexity index is 907. The minimum absolute atomic E-state index is 0.0930. The Labute approximate surface area is 189 Å². The summed E-state index contributed by atoms with van der Waals surface area (Å²) in [6.07, 6.45) is 7.06. The molecule has 170 valence electrons. The highest BCUT2D eigenvalue weighted by atomic mass is 19.1. The number of nitrogens with zero attached hydrogens (tertiary/aromatic N) is 2. The van der Waals surface area contributed by atoms with Gasteiger partial charge >= 0.3 is 0 Å². The molecule has 0 aliphatic heterocycles. The third kappa shape index (κ3) is 5.14. The number of hydrogen-bond acceptors (Lipinski definition) is 2. The smallest absolute Gasteiger partial charge is 0.135 e. The van der Waals surface area contributed by atoms with Crippen LogP contribution in [0.5, 0.6) is 0 Å². The van der Waals surface area contributed by atoms with E-state index in [4.69, 9.17) is 0 Å². The van der Waals surface area contributed by atoms with Gasteiger partial charge in [0, 0.05) is 50.2 Å². The molecule has 0 radical (unpaired) electrons. The van der Waals surface area contributed by atoms with E-state index in [0.29, 0.717) is 6.42 Å². The molecule has 3 rings (SSSR count). The molecule has 1 aliphatic rings. The van der Waals surface area contributed by atoms with Gasteiger partial charge in [0.25, 0.3) is 0 Å². The first-order chi connectivity index (χ1) is 14.5. The maximum absolute atomic E-state index is 15.5. The largest absolute Gasteiger partial charge is 0.382 e. The predicted molar refractivity (Wildman–Crippen MR) is 135 cm³/mol. The van der Waals surface area contributed by atoms with Crippen molar-refractivity contribution >= 4 is 5.69 Å². The number of fused-ring (bicyclic) bond motifs is 3. The average molecular weight is 425 g/mol. The van der Waals surface area contributed by atoms with Crippen LogP contribution in [0.15, 0.2) is 48.8 Å². The summed E-state index contributed by atoms with van der Waals surface area (Å²) in [4.78, 5) is 4.01. The first-order valence-electron chi connectivity index (χ1n) is 11.6. The molecule has 2 nitrogen and oxygen atoms in total. The van der Waals surface area contributed by atoms with Crippen LogP contribution >= 0.6 is 0 Å². The van der Waals surface area contributed by atoms with Gasteiger partial charge in [0.1, 0.15) is 5.67 Å². The van der Waals surface area contributed by atoms with Crippen LogP contribution in [0.2, 0.25) is 0 Å². The van der Waals surface area contributed by atoms with Crippen molar-refractivity contribution in [3.8, 4) is 11.1 Å². The summed E-state index contributed by atoms with van der Waals surface area (Å²) in [5, 5.41) is 0. The number of rotatable bonds is 6. The zero-order valence-electron chi connectivity index (χ0n) is 21.0. The molecule has 1 aliphatic carbocycles. The normalized spacial score (nSPS) is 15.5. The highest BCUT2D eigenvalue weighted by molar-refractivity contribution is 5.84. The van der Waals surface area contributed by atoms with E-state index in [1.807, 2.05) is 50.3 Å². The quantitative estimate of drug-likeness (QED) is 0.465. The summed E-state index contributed by atoms with van der Waals surface area (Å²) in [7, 11) is 5.96. The molecule has 0 saturated heterocycles. The van der Waals surface area contributed by atoms with Crippen LogP contribution in [-0.4, -0.2) is 26.0 Å². The van der Waals surface area contributed by atoms with Gasteiger partial charge in [-0.2, -0.15) is 0 Å². The molecule has 0 spiro atoms. The van der Waals surface area contributed by atoms with Crippen LogP contribution < -0.4 is 4.90 Å². The lowest BCUT2D eigenvalue weighted by atomic mass is 9.81. The Morgan fingerprint density at radius 2 is 1.52 bits per heavy atom.